The number of pyridine rings is 1. The highest BCUT2D eigenvalue weighted by Gasteiger charge is 2.08. The summed E-state index contributed by atoms with van der Waals surface area (Å²) in [7, 11) is 0. The number of ether oxygens (including phenoxy) is 1. The highest BCUT2D eigenvalue weighted by Crippen LogP contribution is 2.12. The molecule has 1 heterocycles. The first kappa shape index (κ1) is 10.7. The lowest BCUT2D eigenvalue weighted by molar-refractivity contribution is -0.602. The summed E-state index contributed by atoms with van der Waals surface area (Å²) in [5.41, 5.74) is 2.37. The van der Waals surface area contributed by atoms with E-state index in [1.807, 2.05) is 31.2 Å². The fourth-order valence-electron chi connectivity index (χ4n) is 1.69. The summed E-state index contributed by atoms with van der Waals surface area (Å²) in [4.78, 5) is 0. The molecule has 0 aliphatic carbocycles. The third-order valence-corrected chi connectivity index (χ3v) is 2.49. The van der Waals surface area contributed by atoms with E-state index in [0.29, 0.717) is 6.61 Å². The summed E-state index contributed by atoms with van der Waals surface area (Å²) in [5.74, 6) is 0.917. The van der Waals surface area contributed by atoms with Gasteiger partial charge in [-0.2, -0.15) is 4.57 Å². The van der Waals surface area contributed by atoms with E-state index in [0.717, 1.165) is 11.4 Å². The SMILES string of the molecule is CCOc1ccc(-[n+]2ccccc2C)cc1. The summed E-state index contributed by atoms with van der Waals surface area (Å²) in [6, 6.07) is 14.3. The van der Waals surface area contributed by atoms with Crippen LogP contribution in [0.2, 0.25) is 0 Å². The second-order valence-corrected chi connectivity index (χ2v) is 3.64. The van der Waals surface area contributed by atoms with E-state index in [2.05, 4.69) is 35.9 Å². The van der Waals surface area contributed by atoms with E-state index in [-0.39, 0.29) is 0 Å². The Labute approximate surface area is 96.1 Å². The second-order valence-electron chi connectivity index (χ2n) is 3.64. The highest BCUT2D eigenvalue weighted by atomic mass is 16.5. The molecule has 2 heteroatoms. The van der Waals surface area contributed by atoms with Crippen LogP contribution in [-0.2, 0) is 0 Å². The van der Waals surface area contributed by atoms with Gasteiger partial charge in [0.05, 0.1) is 6.61 Å². The van der Waals surface area contributed by atoms with Gasteiger partial charge in [0.2, 0.25) is 5.69 Å². The lowest BCUT2D eigenvalue weighted by Gasteiger charge is -2.03. The molecule has 0 unspecified atom stereocenters. The Morgan fingerprint density at radius 3 is 2.44 bits per heavy atom. The molecular weight excluding hydrogens is 198 g/mol. The average Bonchev–Trinajstić information content (AvgIpc) is 2.31. The average molecular weight is 214 g/mol. The Hall–Kier alpha value is -1.83. The zero-order valence-corrected chi connectivity index (χ0v) is 9.68. The minimum absolute atomic E-state index is 0.705. The van der Waals surface area contributed by atoms with E-state index in [1.54, 1.807) is 0 Å². The first-order valence-corrected chi connectivity index (χ1v) is 5.52. The van der Waals surface area contributed by atoms with E-state index in [1.165, 1.54) is 5.69 Å². The Morgan fingerprint density at radius 2 is 1.81 bits per heavy atom. The van der Waals surface area contributed by atoms with Crippen molar-refractivity contribution in [3.8, 4) is 11.4 Å². The lowest BCUT2D eigenvalue weighted by Crippen LogP contribution is -2.33. The fourth-order valence-corrected chi connectivity index (χ4v) is 1.69. The number of aryl methyl sites for hydroxylation is 1. The maximum absolute atomic E-state index is 5.42. The van der Waals surface area contributed by atoms with Crippen molar-refractivity contribution in [3.63, 3.8) is 0 Å². The Kier molecular flexibility index (Phi) is 3.20. The second kappa shape index (κ2) is 4.79. The molecule has 0 N–H and O–H groups in total. The third-order valence-electron chi connectivity index (χ3n) is 2.49. The van der Waals surface area contributed by atoms with Crippen molar-refractivity contribution in [3.05, 3.63) is 54.4 Å². The molecule has 0 saturated carbocycles. The predicted molar refractivity (Wildman–Crippen MR) is 63.9 cm³/mol. The molecule has 1 aromatic heterocycles. The molecule has 2 aromatic rings. The molecular formula is C14H16NO+. The van der Waals surface area contributed by atoms with E-state index < -0.39 is 0 Å². The third kappa shape index (κ3) is 2.22. The topological polar surface area (TPSA) is 13.1 Å². The van der Waals surface area contributed by atoms with Crippen molar-refractivity contribution in [2.75, 3.05) is 6.61 Å². The summed E-state index contributed by atoms with van der Waals surface area (Å²) in [6.45, 7) is 4.79. The minimum atomic E-state index is 0.705. The smallest absolute Gasteiger partial charge is 0.211 e. The fraction of sp³-hybridized carbons (Fsp3) is 0.214. The van der Waals surface area contributed by atoms with Crippen molar-refractivity contribution in [2.45, 2.75) is 13.8 Å². The number of hydrogen-bond acceptors (Lipinski definition) is 1. The van der Waals surface area contributed by atoms with Crippen LogP contribution in [-0.4, -0.2) is 6.61 Å². The normalized spacial score (nSPS) is 10.1. The van der Waals surface area contributed by atoms with Gasteiger partial charge in [-0.25, -0.2) is 0 Å². The number of hydrogen-bond donors (Lipinski definition) is 0. The van der Waals surface area contributed by atoms with Crippen LogP contribution in [0.25, 0.3) is 5.69 Å². The van der Waals surface area contributed by atoms with Crippen molar-refractivity contribution >= 4 is 0 Å². The van der Waals surface area contributed by atoms with Crippen LogP contribution in [0.5, 0.6) is 5.75 Å². The molecule has 2 rings (SSSR count). The molecule has 0 aliphatic rings. The van der Waals surface area contributed by atoms with Crippen LogP contribution in [0.3, 0.4) is 0 Å². The Morgan fingerprint density at radius 1 is 1.06 bits per heavy atom. The summed E-state index contributed by atoms with van der Waals surface area (Å²) in [5, 5.41) is 0. The van der Waals surface area contributed by atoms with E-state index in [4.69, 9.17) is 4.74 Å². The summed E-state index contributed by atoms with van der Waals surface area (Å²) in [6.07, 6.45) is 2.06. The first-order chi connectivity index (χ1) is 7.81. The minimum Gasteiger partial charge on any atom is -0.494 e. The van der Waals surface area contributed by atoms with Gasteiger partial charge in [-0.1, -0.05) is 6.07 Å². The van der Waals surface area contributed by atoms with Gasteiger partial charge in [0.15, 0.2) is 11.9 Å². The molecule has 0 fully saturated rings. The largest absolute Gasteiger partial charge is 0.494 e. The maximum Gasteiger partial charge on any atom is 0.211 e. The standard InChI is InChI=1S/C14H16NO/c1-3-16-14-9-7-13(8-10-14)15-11-5-4-6-12(15)2/h4-11H,3H2,1-2H3/q+1. The Bertz CT molecular complexity index is 462. The summed E-state index contributed by atoms with van der Waals surface area (Å²) < 4.78 is 7.57. The molecule has 0 radical (unpaired) electrons. The number of aromatic nitrogens is 1. The van der Waals surface area contributed by atoms with Crippen LogP contribution >= 0.6 is 0 Å². The Balaban J connectivity index is 2.31. The quantitative estimate of drug-likeness (QED) is 0.716. The maximum atomic E-state index is 5.42. The van der Waals surface area contributed by atoms with Gasteiger partial charge in [-0.05, 0) is 19.1 Å². The van der Waals surface area contributed by atoms with Gasteiger partial charge in [-0.3, -0.25) is 0 Å². The van der Waals surface area contributed by atoms with Crippen molar-refractivity contribution < 1.29 is 9.30 Å². The predicted octanol–water partition coefficient (Wildman–Crippen LogP) is 2.67. The van der Waals surface area contributed by atoms with Gasteiger partial charge in [-0.15, -0.1) is 0 Å². The lowest BCUT2D eigenvalue weighted by atomic mass is 10.2. The molecule has 16 heavy (non-hydrogen) atoms. The number of rotatable bonds is 3. The van der Waals surface area contributed by atoms with Gasteiger partial charge in [0.25, 0.3) is 0 Å². The first-order valence-electron chi connectivity index (χ1n) is 5.52. The van der Waals surface area contributed by atoms with Crippen LogP contribution in [0.1, 0.15) is 12.6 Å². The van der Waals surface area contributed by atoms with Crippen molar-refractivity contribution in [1.82, 2.24) is 0 Å². The molecule has 2 nitrogen and oxygen atoms in total. The molecule has 1 aromatic carbocycles. The molecule has 0 bridgehead atoms. The number of nitrogens with zero attached hydrogens (tertiary/aromatic N) is 1. The number of benzene rings is 1. The van der Waals surface area contributed by atoms with Crippen molar-refractivity contribution in [2.24, 2.45) is 0 Å². The van der Waals surface area contributed by atoms with Gasteiger partial charge >= 0.3 is 0 Å². The van der Waals surface area contributed by atoms with Crippen LogP contribution in [0, 0.1) is 6.92 Å². The monoisotopic (exact) mass is 214 g/mol. The molecule has 82 valence electrons. The zero-order valence-electron chi connectivity index (χ0n) is 9.68. The molecule has 0 amide bonds. The van der Waals surface area contributed by atoms with Gasteiger partial charge < -0.3 is 4.74 Å². The molecule has 0 aliphatic heterocycles. The van der Waals surface area contributed by atoms with Gasteiger partial charge in [0, 0.05) is 31.2 Å². The van der Waals surface area contributed by atoms with E-state index in [9.17, 15) is 0 Å². The molecule has 0 saturated heterocycles. The molecule has 0 spiro atoms. The summed E-state index contributed by atoms with van der Waals surface area (Å²) >= 11 is 0. The van der Waals surface area contributed by atoms with Crippen LogP contribution in [0.4, 0.5) is 0 Å². The van der Waals surface area contributed by atoms with Crippen LogP contribution in [0.15, 0.2) is 48.7 Å². The highest BCUT2D eigenvalue weighted by molar-refractivity contribution is 5.31. The van der Waals surface area contributed by atoms with Gasteiger partial charge in [0.1, 0.15) is 5.75 Å². The molecule has 0 atom stereocenters. The van der Waals surface area contributed by atoms with Crippen LogP contribution < -0.4 is 9.30 Å². The van der Waals surface area contributed by atoms with Crippen molar-refractivity contribution in [1.29, 1.82) is 0 Å². The van der Waals surface area contributed by atoms with E-state index >= 15 is 0 Å². The zero-order chi connectivity index (χ0) is 11.4.